The third-order valence-corrected chi connectivity index (χ3v) is 6.73. The Labute approximate surface area is 211 Å². The van der Waals surface area contributed by atoms with Gasteiger partial charge in [0.05, 0.1) is 12.0 Å². The number of fused-ring (bicyclic) bond motifs is 1. The minimum Gasteiger partial charge on any atom is -0.744 e. The van der Waals surface area contributed by atoms with Gasteiger partial charge in [-0.1, -0.05) is 89.7 Å². The Balaban J connectivity index is 0.00000480. The molecule has 31 heavy (non-hydrogen) atoms. The summed E-state index contributed by atoms with van der Waals surface area (Å²) in [6, 6.07) is 8.77. The summed E-state index contributed by atoms with van der Waals surface area (Å²) >= 11 is 0. The molecule has 0 bridgehead atoms. The van der Waals surface area contributed by atoms with Crippen molar-refractivity contribution in [3.8, 4) is 5.75 Å². The molecule has 0 fully saturated rings. The minimum atomic E-state index is -4.50. The molecule has 2 aromatic rings. The van der Waals surface area contributed by atoms with Crippen LogP contribution in [0.5, 0.6) is 5.75 Å². The minimum absolute atomic E-state index is 0. The van der Waals surface area contributed by atoms with Crippen molar-refractivity contribution in [2.24, 2.45) is 0 Å². The predicted octanol–water partition coefficient (Wildman–Crippen LogP) is 4.00. The van der Waals surface area contributed by atoms with Crippen molar-refractivity contribution >= 4 is 20.9 Å². The van der Waals surface area contributed by atoms with E-state index >= 15 is 0 Å². The number of hydrogen-bond acceptors (Lipinski definition) is 4. The third kappa shape index (κ3) is 9.83. The number of aryl methyl sites for hydroxylation is 1. The van der Waals surface area contributed by atoms with E-state index in [4.69, 9.17) is 4.74 Å². The Bertz CT molecular complexity index is 880. The smallest absolute Gasteiger partial charge is 0.744 e. The average Bonchev–Trinajstić information content (AvgIpc) is 2.72. The maximum Gasteiger partial charge on any atom is 1.00 e. The molecule has 6 heteroatoms. The molecule has 0 aromatic heterocycles. The van der Waals surface area contributed by atoms with Crippen LogP contribution in [0.3, 0.4) is 0 Å². The van der Waals surface area contributed by atoms with Crippen LogP contribution in [0.1, 0.15) is 89.5 Å². The SMILES string of the molecule is CCCCCCCCCCCCCCc1cc2c(OC)cccc2cc1S(=O)(=O)[O-].[Na+]. The molecule has 2 aromatic carbocycles. The molecular weight excluding hydrogens is 419 g/mol. The number of hydrogen-bond donors (Lipinski definition) is 0. The van der Waals surface area contributed by atoms with Gasteiger partial charge in [0.25, 0.3) is 0 Å². The van der Waals surface area contributed by atoms with Crippen LogP contribution >= 0.6 is 0 Å². The number of benzene rings is 2. The van der Waals surface area contributed by atoms with E-state index in [2.05, 4.69) is 6.92 Å². The average molecular weight is 457 g/mol. The molecule has 0 atom stereocenters. The Morgan fingerprint density at radius 1 is 0.839 bits per heavy atom. The van der Waals surface area contributed by atoms with Gasteiger partial charge in [0.1, 0.15) is 15.9 Å². The second kappa shape index (κ2) is 15.3. The summed E-state index contributed by atoms with van der Waals surface area (Å²) in [5, 5.41) is 1.56. The van der Waals surface area contributed by atoms with Crippen molar-refractivity contribution in [2.45, 2.75) is 95.3 Å². The van der Waals surface area contributed by atoms with Crippen LogP contribution < -0.4 is 34.3 Å². The second-order valence-corrected chi connectivity index (χ2v) is 9.58. The zero-order valence-corrected chi connectivity index (χ0v) is 22.4. The van der Waals surface area contributed by atoms with Gasteiger partial charge in [-0.25, -0.2) is 8.42 Å². The van der Waals surface area contributed by atoms with Crippen LogP contribution in [0.4, 0.5) is 0 Å². The fourth-order valence-electron chi connectivity index (χ4n) is 4.08. The fourth-order valence-corrected chi connectivity index (χ4v) is 4.84. The number of unbranched alkanes of at least 4 members (excludes halogenated alkanes) is 11. The first kappa shape index (κ1) is 28.4. The molecule has 0 aliphatic carbocycles. The standard InChI is InChI=1S/C25H38O4S.Na/c1-3-4-5-6-7-8-9-10-11-12-13-14-16-22-19-23-21(17-15-18-24(23)29-2)20-25(22)30(26,27)28;/h15,17-20H,3-14,16H2,1-2H3,(H,26,27,28);/q;+1/p-1. The number of rotatable bonds is 15. The number of methoxy groups -OCH3 is 1. The van der Waals surface area contributed by atoms with Gasteiger partial charge in [-0.3, -0.25) is 0 Å². The van der Waals surface area contributed by atoms with Crippen LogP contribution in [0.25, 0.3) is 10.8 Å². The molecule has 2 rings (SSSR count). The van der Waals surface area contributed by atoms with E-state index in [0.29, 0.717) is 23.1 Å². The summed E-state index contributed by atoms with van der Waals surface area (Å²) in [6.07, 6.45) is 15.6. The molecule has 0 saturated heterocycles. The molecule has 0 spiro atoms. The van der Waals surface area contributed by atoms with Gasteiger partial charge in [-0.15, -0.1) is 0 Å². The maximum absolute atomic E-state index is 11.8. The van der Waals surface area contributed by atoms with E-state index in [0.717, 1.165) is 24.6 Å². The number of ether oxygens (including phenoxy) is 1. The van der Waals surface area contributed by atoms with Crippen LogP contribution in [0, 0.1) is 0 Å². The summed E-state index contributed by atoms with van der Waals surface area (Å²) in [6.45, 7) is 2.25. The Kier molecular flexibility index (Phi) is 14.0. The normalized spacial score (nSPS) is 11.5. The van der Waals surface area contributed by atoms with Gasteiger partial charge in [0, 0.05) is 5.39 Å². The van der Waals surface area contributed by atoms with Crippen LogP contribution in [0.15, 0.2) is 35.2 Å². The second-order valence-electron chi connectivity index (χ2n) is 8.23. The summed E-state index contributed by atoms with van der Waals surface area (Å²) in [5.74, 6) is 0.693. The van der Waals surface area contributed by atoms with Crippen LogP contribution in [-0.2, 0) is 16.5 Å². The summed E-state index contributed by atoms with van der Waals surface area (Å²) in [4.78, 5) is -0.0914. The van der Waals surface area contributed by atoms with Gasteiger partial charge in [0.2, 0.25) is 0 Å². The van der Waals surface area contributed by atoms with Gasteiger partial charge < -0.3 is 9.29 Å². The van der Waals surface area contributed by atoms with E-state index in [-0.39, 0.29) is 34.5 Å². The Morgan fingerprint density at radius 3 is 1.90 bits per heavy atom. The Hall–Kier alpha value is -0.590. The first-order valence-corrected chi connectivity index (χ1v) is 12.9. The van der Waals surface area contributed by atoms with Crippen molar-refractivity contribution in [1.29, 1.82) is 0 Å². The molecule has 0 unspecified atom stereocenters. The molecule has 0 aliphatic rings. The van der Waals surface area contributed by atoms with Crippen molar-refractivity contribution < 1.29 is 47.3 Å². The Morgan fingerprint density at radius 2 is 1.39 bits per heavy atom. The maximum atomic E-state index is 11.8. The van der Waals surface area contributed by atoms with Crippen molar-refractivity contribution in [2.75, 3.05) is 7.11 Å². The van der Waals surface area contributed by atoms with E-state index in [1.54, 1.807) is 19.2 Å². The summed E-state index contributed by atoms with van der Waals surface area (Å²) in [5.41, 5.74) is 0.606. The van der Waals surface area contributed by atoms with Crippen molar-refractivity contribution in [3.63, 3.8) is 0 Å². The fraction of sp³-hybridized carbons (Fsp3) is 0.600. The molecule has 4 nitrogen and oxygen atoms in total. The monoisotopic (exact) mass is 456 g/mol. The van der Waals surface area contributed by atoms with Gasteiger partial charge >= 0.3 is 29.6 Å². The van der Waals surface area contributed by atoms with E-state index < -0.39 is 10.1 Å². The quantitative estimate of drug-likeness (QED) is 0.231. The molecule has 0 aliphatic heterocycles. The van der Waals surface area contributed by atoms with Gasteiger partial charge in [-0.2, -0.15) is 0 Å². The van der Waals surface area contributed by atoms with E-state index in [9.17, 15) is 13.0 Å². The van der Waals surface area contributed by atoms with Crippen molar-refractivity contribution in [3.05, 3.63) is 35.9 Å². The first-order valence-electron chi connectivity index (χ1n) is 11.5. The van der Waals surface area contributed by atoms with Crippen LogP contribution in [0.2, 0.25) is 0 Å². The summed E-state index contributed by atoms with van der Waals surface area (Å²) < 4.78 is 40.7. The van der Waals surface area contributed by atoms with E-state index in [1.165, 1.54) is 63.9 Å². The zero-order valence-electron chi connectivity index (χ0n) is 19.6. The summed E-state index contributed by atoms with van der Waals surface area (Å²) in [7, 11) is -2.91. The van der Waals surface area contributed by atoms with Gasteiger partial charge in [-0.05, 0) is 42.0 Å². The molecule has 0 heterocycles. The predicted molar refractivity (Wildman–Crippen MR) is 123 cm³/mol. The molecule has 0 radical (unpaired) electrons. The van der Waals surface area contributed by atoms with Crippen molar-refractivity contribution in [1.82, 2.24) is 0 Å². The van der Waals surface area contributed by atoms with Gasteiger partial charge in [0.15, 0.2) is 0 Å². The molecule has 0 amide bonds. The zero-order chi connectivity index (χ0) is 21.8. The van der Waals surface area contributed by atoms with E-state index in [1.807, 2.05) is 12.1 Å². The third-order valence-electron chi connectivity index (χ3n) is 5.81. The molecule has 0 saturated carbocycles. The largest absolute Gasteiger partial charge is 1.00 e. The molecular formula is C25H37NaO4S. The molecule has 0 N–H and O–H groups in total. The first-order chi connectivity index (χ1) is 14.5. The molecule has 168 valence electrons. The topological polar surface area (TPSA) is 66.4 Å². The van der Waals surface area contributed by atoms with Crippen LogP contribution in [-0.4, -0.2) is 20.1 Å².